The minimum Gasteiger partial charge on any atom is -0.467 e. The number of azide groups is 1. The van der Waals surface area contributed by atoms with Gasteiger partial charge in [0, 0.05) is 35.1 Å². The fourth-order valence-corrected chi connectivity index (χ4v) is 4.76. The normalized spacial score (nSPS) is 12.2. The number of esters is 2. The van der Waals surface area contributed by atoms with Gasteiger partial charge in [-0.15, -0.1) is 0 Å². The fraction of sp³-hybridized carbons (Fsp3) is 0.444. The molecule has 2 aromatic carbocycles. The average molecular weight is 575 g/mol. The number of benzene rings is 2. The van der Waals surface area contributed by atoms with Crippen LogP contribution in [0.2, 0.25) is 23.2 Å². The van der Waals surface area contributed by atoms with E-state index in [1.54, 1.807) is 24.3 Å². The van der Waals surface area contributed by atoms with E-state index in [1.165, 1.54) is 37.3 Å². The molecule has 1 atom stereocenters. The summed E-state index contributed by atoms with van der Waals surface area (Å²) in [5, 5.41) is 3.87. The molecule has 0 aliphatic heterocycles. The second-order valence-electron chi connectivity index (χ2n) is 10.4. The zero-order valence-electron chi connectivity index (χ0n) is 23.4. The lowest BCUT2D eigenvalue weighted by molar-refractivity contribution is -0.146. The molecule has 2 aromatic rings. The molecule has 0 fully saturated rings. The van der Waals surface area contributed by atoms with Gasteiger partial charge in [0.15, 0.2) is 8.32 Å². The lowest BCUT2D eigenvalue weighted by atomic mass is 10.1. The van der Waals surface area contributed by atoms with Crippen molar-refractivity contribution < 1.29 is 28.3 Å². The molecule has 0 aromatic heterocycles. The van der Waals surface area contributed by atoms with Crippen molar-refractivity contribution >= 4 is 43.5 Å². The zero-order valence-corrected chi connectivity index (χ0v) is 25.1. The Hall–Kier alpha value is -3.37. The Kier molecular flexibility index (Phi) is 11.1. The van der Waals surface area contributed by atoms with Gasteiger partial charge in [-0.25, -0.2) is 9.59 Å². The first-order valence-corrected chi connectivity index (χ1v) is 15.6. The Bertz CT molecular complexity index is 1240. The number of carbonyl (C=O) groups excluding carboxylic acids is 3. The van der Waals surface area contributed by atoms with Gasteiger partial charge in [0.1, 0.15) is 6.04 Å². The average Bonchev–Trinajstić information content (AvgIpc) is 2.89. The molecule has 0 spiro atoms. The van der Waals surface area contributed by atoms with Gasteiger partial charge in [-0.05, 0) is 59.6 Å². The van der Waals surface area contributed by atoms with Crippen LogP contribution in [0.4, 0.5) is 5.69 Å². The third-order valence-corrected chi connectivity index (χ3v) is 11.6. The second-order valence-corrected chi connectivity index (χ2v) is 15.7. The summed E-state index contributed by atoms with van der Waals surface area (Å²) in [6.45, 7) is 10.8. The number of halogens is 1. The van der Waals surface area contributed by atoms with E-state index in [1.807, 2.05) is 0 Å². The quantitative estimate of drug-likeness (QED) is 0.0968. The van der Waals surface area contributed by atoms with E-state index in [9.17, 15) is 14.4 Å². The summed E-state index contributed by atoms with van der Waals surface area (Å²) in [4.78, 5) is 43.0. The maximum absolute atomic E-state index is 13.9. The molecule has 0 unspecified atom stereocenters. The highest BCUT2D eigenvalue weighted by Crippen LogP contribution is 2.37. The van der Waals surface area contributed by atoms with Gasteiger partial charge in [-0.1, -0.05) is 49.6 Å². The minimum absolute atomic E-state index is 0.00151. The molecule has 10 nitrogen and oxygen atoms in total. The van der Waals surface area contributed by atoms with Crippen molar-refractivity contribution in [3.05, 3.63) is 74.6 Å². The van der Waals surface area contributed by atoms with E-state index in [-0.39, 0.29) is 40.9 Å². The smallest absolute Gasteiger partial charge is 0.337 e. The number of methoxy groups -OCH3 is 2. The number of ether oxygens (including phenoxy) is 2. The Labute approximate surface area is 234 Å². The molecular formula is C27H35ClN4O6Si. The maximum atomic E-state index is 13.9. The van der Waals surface area contributed by atoms with E-state index in [2.05, 4.69) is 43.9 Å². The molecule has 0 aliphatic rings. The first-order chi connectivity index (χ1) is 18.2. The molecule has 210 valence electrons. The van der Waals surface area contributed by atoms with Crippen LogP contribution >= 0.6 is 11.6 Å². The van der Waals surface area contributed by atoms with Crippen molar-refractivity contribution in [2.75, 3.05) is 20.8 Å². The highest BCUT2D eigenvalue weighted by atomic mass is 35.5. The fourth-order valence-electron chi connectivity index (χ4n) is 3.53. The van der Waals surface area contributed by atoms with Gasteiger partial charge >= 0.3 is 11.9 Å². The summed E-state index contributed by atoms with van der Waals surface area (Å²) in [5.41, 5.74) is 10.1. The molecule has 0 radical (unpaired) electrons. The predicted octanol–water partition coefficient (Wildman–Crippen LogP) is 6.66. The summed E-state index contributed by atoms with van der Waals surface area (Å²) in [6.07, 6.45) is 0.176. The van der Waals surface area contributed by atoms with E-state index >= 15 is 0 Å². The number of hydrogen-bond acceptors (Lipinski definition) is 7. The maximum Gasteiger partial charge on any atom is 0.337 e. The van der Waals surface area contributed by atoms with Crippen LogP contribution in [0.3, 0.4) is 0 Å². The SMILES string of the molecule is COC(=O)c1ccc(CN(C(=O)c2ccc(Cl)cc2N=[N+]=[N-])[C@H](CCO[Si](C)(C)C(C)(C)C)C(=O)OC)cc1. The number of nitrogens with zero attached hydrogens (tertiary/aromatic N) is 4. The standard InChI is InChI=1S/C27H35ClN4O6Si/c1-27(2,3)39(6,7)38-15-14-23(26(35)37-5)32(17-18-8-10-19(11-9-18)25(34)36-4)24(33)21-13-12-20(28)16-22(21)30-31-29/h8-13,16,23H,14-15,17H2,1-7H3/t23-/m1/s1. The van der Waals surface area contributed by atoms with E-state index in [0.29, 0.717) is 11.1 Å². The number of rotatable bonds is 11. The van der Waals surface area contributed by atoms with Crippen molar-refractivity contribution in [3.63, 3.8) is 0 Å². The van der Waals surface area contributed by atoms with E-state index < -0.39 is 32.2 Å². The molecular weight excluding hydrogens is 540 g/mol. The minimum atomic E-state index is -2.13. The first kappa shape index (κ1) is 31.8. The number of carbonyl (C=O) groups is 3. The number of hydrogen-bond donors (Lipinski definition) is 0. The monoisotopic (exact) mass is 574 g/mol. The Morgan fingerprint density at radius 3 is 2.26 bits per heavy atom. The van der Waals surface area contributed by atoms with Crippen LogP contribution in [0.1, 0.15) is 53.5 Å². The van der Waals surface area contributed by atoms with Crippen LogP contribution in [0.5, 0.6) is 0 Å². The van der Waals surface area contributed by atoms with Crippen LogP contribution in [0, 0.1) is 0 Å². The molecule has 0 aliphatic carbocycles. The summed E-state index contributed by atoms with van der Waals surface area (Å²) >= 11 is 6.07. The highest BCUT2D eigenvalue weighted by molar-refractivity contribution is 6.74. The van der Waals surface area contributed by atoms with Crippen LogP contribution in [0.25, 0.3) is 10.4 Å². The van der Waals surface area contributed by atoms with Crippen molar-refractivity contribution in [2.24, 2.45) is 5.11 Å². The Morgan fingerprint density at radius 1 is 1.08 bits per heavy atom. The lowest BCUT2D eigenvalue weighted by Crippen LogP contribution is -2.47. The molecule has 1 amide bonds. The van der Waals surface area contributed by atoms with Gasteiger partial charge in [-0.2, -0.15) is 0 Å². The summed E-state index contributed by atoms with van der Waals surface area (Å²) in [7, 11) is 0.411. The van der Waals surface area contributed by atoms with Gasteiger partial charge in [0.25, 0.3) is 5.91 Å². The Balaban J connectivity index is 2.52. The van der Waals surface area contributed by atoms with Crippen molar-refractivity contribution in [1.82, 2.24) is 4.90 Å². The van der Waals surface area contributed by atoms with Crippen LogP contribution < -0.4 is 0 Å². The predicted molar refractivity (Wildman–Crippen MR) is 151 cm³/mol. The van der Waals surface area contributed by atoms with Crippen LogP contribution in [-0.4, -0.2) is 57.9 Å². The van der Waals surface area contributed by atoms with Gasteiger partial charge < -0.3 is 18.8 Å². The molecule has 2 rings (SSSR count). The van der Waals surface area contributed by atoms with Crippen molar-refractivity contribution in [3.8, 4) is 0 Å². The second kappa shape index (κ2) is 13.6. The molecule has 0 saturated carbocycles. The molecule has 0 N–H and O–H groups in total. The Morgan fingerprint density at radius 2 is 1.72 bits per heavy atom. The van der Waals surface area contributed by atoms with Crippen molar-refractivity contribution in [2.45, 2.75) is 57.9 Å². The molecule has 39 heavy (non-hydrogen) atoms. The molecule has 0 heterocycles. The summed E-state index contributed by atoms with van der Waals surface area (Å²) in [5.74, 6) is -1.67. The van der Waals surface area contributed by atoms with Crippen molar-refractivity contribution in [1.29, 1.82) is 0 Å². The van der Waals surface area contributed by atoms with Gasteiger partial charge in [-0.3, -0.25) is 4.79 Å². The highest BCUT2D eigenvalue weighted by Gasteiger charge is 2.38. The summed E-state index contributed by atoms with van der Waals surface area (Å²) < 4.78 is 16.1. The third kappa shape index (κ3) is 8.30. The largest absolute Gasteiger partial charge is 0.467 e. The molecule has 0 saturated heterocycles. The summed E-state index contributed by atoms with van der Waals surface area (Å²) in [6, 6.07) is 9.81. The van der Waals surface area contributed by atoms with Crippen LogP contribution in [-0.2, 0) is 25.2 Å². The van der Waals surface area contributed by atoms with E-state index in [0.717, 1.165) is 0 Å². The first-order valence-electron chi connectivity index (χ1n) is 12.3. The van der Waals surface area contributed by atoms with Gasteiger partial charge in [0.2, 0.25) is 0 Å². The zero-order chi connectivity index (χ0) is 29.4. The van der Waals surface area contributed by atoms with E-state index in [4.69, 9.17) is 31.0 Å². The topological polar surface area (TPSA) is 131 Å². The van der Waals surface area contributed by atoms with Crippen LogP contribution in [0.15, 0.2) is 47.6 Å². The lowest BCUT2D eigenvalue weighted by Gasteiger charge is -2.37. The molecule has 0 bridgehead atoms. The third-order valence-electron chi connectivity index (χ3n) is 6.84. The molecule has 12 heteroatoms. The van der Waals surface area contributed by atoms with Gasteiger partial charge in [0.05, 0.1) is 25.5 Å². The number of amides is 1.